The van der Waals surface area contributed by atoms with Gasteiger partial charge in [-0.2, -0.15) is 0 Å². The third kappa shape index (κ3) is 6.12. The zero-order valence-corrected chi connectivity index (χ0v) is 16.1. The molecule has 1 N–H and O–H groups in total. The fraction of sp³-hybridized carbons (Fsp3) is 0.400. The lowest BCUT2D eigenvalue weighted by atomic mass is 10.3. The molecule has 0 aliphatic rings. The number of aromatic nitrogens is 2. The van der Waals surface area contributed by atoms with Crippen molar-refractivity contribution >= 4 is 50.1 Å². The monoisotopic (exact) mass is 415 g/mol. The molecule has 0 saturated carbocycles. The van der Waals surface area contributed by atoms with Crippen molar-refractivity contribution in [3.05, 3.63) is 28.7 Å². The Morgan fingerprint density at radius 3 is 3.04 bits per heavy atom. The van der Waals surface area contributed by atoms with Gasteiger partial charge in [-0.15, -0.1) is 10.2 Å². The van der Waals surface area contributed by atoms with E-state index >= 15 is 0 Å². The highest BCUT2D eigenvalue weighted by molar-refractivity contribution is 9.10. The van der Waals surface area contributed by atoms with E-state index in [1.165, 1.54) is 11.3 Å². The number of ether oxygens (including phenoxy) is 1. The van der Waals surface area contributed by atoms with E-state index in [1.54, 1.807) is 18.7 Å². The molecule has 0 saturated heterocycles. The van der Waals surface area contributed by atoms with Gasteiger partial charge in [-0.1, -0.05) is 58.4 Å². The van der Waals surface area contributed by atoms with Crippen molar-refractivity contribution in [2.24, 2.45) is 0 Å². The van der Waals surface area contributed by atoms with Crippen LogP contribution in [0.5, 0.6) is 5.75 Å². The molecule has 0 bridgehead atoms. The van der Waals surface area contributed by atoms with Crippen molar-refractivity contribution in [2.75, 3.05) is 11.1 Å². The lowest BCUT2D eigenvalue weighted by molar-refractivity contribution is -0.122. The normalized spacial score (nSPS) is 12.0. The summed E-state index contributed by atoms with van der Waals surface area (Å²) in [5.41, 5.74) is 0. The summed E-state index contributed by atoms with van der Waals surface area (Å²) in [6, 6.07) is 7.38. The summed E-state index contributed by atoms with van der Waals surface area (Å²) in [6.07, 6.45) is 1.67. The van der Waals surface area contributed by atoms with Crippen LogP contribution in [0.2, 0.25) is 0 Å². The number of unbranched alkanes of at least 4 members (excludes halogenated alkanes) is 1. The lowest BCUT2D eigenvalue weighted by Crippen LogP contribution is -2.30. The van der Waals surface area contributed by atoms with Crippen LogP contribution in [-0.4, -0.2) is 28.0 Å². The van der Waals surface area contributed by atoms with Gasteiger partial charge in [0.2, 0.25) is 5.13 Å². The molecule has 2 rings (SSSR count). The van der Waals surface area contributed by atoms with Gasteiger partial charge in [-0.3, -0.25) is 10.1 Å². The van der Waals surface area contributed by atoms with Crippen molar-refractivity contribution < 1.29 is 9.53 Å². The topological polar surface area (TPSA) is 64.1 Å². The van der Waals surface area contributed by atoms with Gasteiger partial charge < -0.3 is 4.74 Å². The molecule has 0 aliphatic heterocycles. The molecule has 1 unspecified atom stereocenters. The Balaban J connectivity index is 1.86. The quantitative estimate of drug-likeness (QED) is 0.387. The fourth-order valence-electron chi connectivity index (χ4n) is 1.63. The number of carbonyl (C=O) groups excluding carboxylic acids is 1. The van der Waals surface area contributed by atoms with Gasteiger partial charge in [-0.25, -0.2) is 0 Å². The Hall–Kier alpha value is -1.12. The summed E-state index contributed by atoms with van der Waals surface area (Å²) in [7, 11) is 0. The molecule has 0 aliphatic carbocycles. The molecular weight excluding hydrogens is 398 g/mol. The van der Waals surface area contributed by atoms with Crippen LogP contribution in [0.4, 0.5) is 5.13 Å². The highest BCUT2D eigenvalue weighted by Gasteiger charge is 2.17. The van der Waals surface area contributed by atoms with Gasteiger partial charge in [0.1, 0.15) is 5.75 Å². The van der Waals surface area contributed by atoms with Crippen molar-refractivity contribution in [1.29, 1.82) is 0 Å². The number of anilines is 1. The minimum Gasteiger partial charge on any atom is -0.481 e. The van der Waals surface area contributed by atoms with E-state index in [9.17, 15) is 4.79 Å². The summed E-state index contributed by atoms with van der Waals surface area (Å²) in [5.74, 6) is 1.41. The second-order valence-electron chi connectivity index (χ2n) is 4.78. The summed E-state index contributed by atoms with van der Waals surface area (Å²) in [5, 5.41) is 11.3. The molecule has 1 aromatic heterocycles. The van der Waals surface area contributed by atoms with E-state index in [4.69, 9.17) is 4.74 Å². The summed E-state index contributed by atoms with van der Waals surface area (Å²) in [6.45, 7) is 3.85. The number of rotatable bonds is 8. The van der Waals surface area contributed by atoms with Gasteiger partial charge in [0, 0.05) is 10.2 Å². The maximum Gasteiger partial charge on any atom is 0.266 e. The first-order valence-corrected chi connectivity index (χ1v) is 9.87. The molecule has 0 spiro atoms. The van der Waals surface area contributed by atoms with Crippen LogP contribution in [0.3, 0.4) is 0 Å². The Morgan fingerprint density at radius 1 is 1.48 bits per heavy atom. The first-order chi connectivity index (χ1) is 11.1. The Morgan fingerprint density at radius 2 is 2.30 bits per heavy atom. The third-order valence-electron chi connectivity index (χ3n) is 2.84. The number of nitrogens with zero attached hydrogens (tertiary/aromatic N) is 2. The second kappa shape index (κ2) is 9.24. The number of carbonyl (C=O) groups is 1. The molecule has 8 heteroatoms. The van der Waals surface area contributed by atoms with Crippen LogP contribution in [0, 0.1) is 0 Å². The molecule has 124 valence electrons. The minimum atomic E-state index is -0.621. The minimum absolute atomic E-state index is 0.244. The average molecular weight is 416 g/mol. The number of hydrogen-bond acceptors (Lipinski definition) is 6. The van der Waals surface area contributed by atoms with Crippen LogP contribution in [-0.2, 0) is 4.79 Å². The Labute approximate surface area is 152 Å². The van der Waals surface area contributed by atoms with Gasteiger partial charge in [0.25, 0.3) is 5.91 Å². The summed E-state index contributed by atoms with van der Waals surface area (Å²) in [4.78, 5) is 12.2. The summed E-state index contributed by atoms with van der Waals surface area (Å²) >= 11 is 6.42. The molecule has 1 aromatic carbocycles. The molecular formula is C15H18BrN3O2S2. The number of nitrogens with one attached hydrogen (secondary N) is 1. The van der Waals surface area contributed by atoms with Gasteiger partial charge >= 0.3 is 0 Å². The van der Waals surface area contributed by atoms with E-state index in [2.05, 4.69) is 38.4 Å². The van der Waals surface area contributed by atoms with Crippen LogP contribution in [0.1, 0.15) is 26.7 Å². The van der Waals surface area contributed by atoms with E-state index < -0.39 is 6.10 Å². The van der Waals surface area contributed by atoms with Gasteiger partial charge in [0.05, 0.1) is 0 Å². The highest BCUT2D eigenvalue weighted by Crippen LogP contribution is 2.26. The number of hydrogen-bond donors (Lipinski definition) is 1. The van der Waals surface area contributed by atoms with E-state index in [1.807, 2.05) is 24.3 Å². The maximum absolute atomic E-state index is 12.2. The predicted molar refractivity (Wildman–Crippen MR) is 98.4 cm³/mol. The smallest absolute Gasteiger partial charge is 0.266 e. The predicted octanol–water partition coefficient (Wildman–Crippen LogP) is 4.60. The Kier molecular flexibility index (Phi) is 7.32. The van der Waals surface area contributed by atoms with E-state index in [0.29, 0.717) is 10.9 Å². The second-order valence-corrected chi connectivity index (χ2v) is 8.02. The molecule has 0 fully saturated rings. The molecule has 5 nitrogen and oxygen atoms in total. The number of halogens is 1. The zero-order chi connectivity index (χ0) is 16.7. The summed E-state index contributed by atoms with van der Waals surface area (Å²) < 4.78 is 7.40. The molecule has 1 heterocycles. The number of thioether (sulfide) groups is 1. The molecule has 0 radical (unpaired) electrons. The van der Waals surface area contributed by atoms with Gasteiger partial charge in [-0.05, 0) is 31.5 Å². The molecule has 2 aromatic rings. The standard InChI is InChI=1S/C15H18BrN3O2S2/c1-3-4-8-22-15-19-18-14(23-15)17-13(20)10(2)21-12-7-5-6-11(16)9-12/h5-7,9-10H,3-4,8H2,1-2H3,(H,17,18,20). The van der Waals surface area contributed by atoms with Crippen molar-refractivity contribution in [3.63, 3.8) is 0 Å². The molecule has 1 atom stereocenters. The van der Waals surface area contributed by atoms with Crippen LogP contribution >= 0.6 is 39.0 Å². The first kappa shape index (κ1) is 18.2. The lowest BCUT2D eigenvalue weighted by Gasteiger charge is -2.13. The fourth-order valence-corrected chi connectivity index (χ4v) is 3.91. The van der Waals surface area contributed by atoms with E-state index in [-0.39, 0.29) is 5.91 Å². The largest absolute Gasteiger partial charge is 0.481 e. The molecule has 1 amide bonds. The SMILES string of the molecule is CCCCSc1nnc(NC(=O)C(C)Oc2cccc(Br)c2)s1. The van der Waals surface area contributed by atoms with E-state index in [0.717, 1.165) is 27.4 Å². The Bertz CT molecular complexity index is 651. The highest BCUT2D eigenvalue weighted by atomic mass is 79.9. The van der Waals surface area contributed by atoms with Gasteiger partial charge in [0.15, 0.2) is 10.4 Å². The van der Waals surface area contributed by atoms with Crippen LogP contribution < -0.4 is 10.1 Å². The van der Waals surface area contributed by atoms with Crippen molar-refractivity contribution in [3.8, 4) is 5.75 Å². The van der Waals surface area contributed by atoms with Crippen molar-refractivity contribution in [1.82, 2.24) is 10.2 Å². The average Bonchev–Trinajstić information content (AvgIpc) is 2.95. The number of amides is 1. The van der Waals surface area contributed by atoms with Crippen LogP contribution in [0.25, 0.3) is 0 Å². The van der Waals surface area contributed by atoms with Crippen LogP contribution in [0.15, 0.2) is 33.1 Å². The molecule has 23 heavy (non-hydrogen) atoms. The maximum atomic E-state index is 12.2. The number of benzene rings is 1. The third-order valence-corrected chi connectivity index (χ3v) is 5.39. The zero-order valence-electron chi connectivity index (χ0n) is 12.9. The first-order valence-electron chi connectivity index (χ1n) is 7.28. The van der Waals surface area contributed by atoms with Crippen molar-refractivity contribution in [2.45, 2.75) is 37.1 Å².